The molecule has 0 saturated heterocycles. The molecule has 70 valence electrons. The van der Waals surface area contributed by atoms with Crippen molar-refractivity contribution >= 4 is 6.29 Å². The molecule has 2 rings (SSSR count). The summed E-state index contributed by atoms with van der Waals surface area (Å²) in [6, 6.07) is 7.74. The van der Waals surface area contributed by atoms with Crippen molar-refractivity contribution in [2.24, 2.45) is 0 Å². The quantitative estimate of drug-likeness (QED) is 0.678. The molecule has 0 amide bonds. The Kier molecular flexibility index (Phi) is 2.14. The zero-order chi connectivity index (χ0) is 9.97. The largest absolute Gasteiger partial charge is 0.440 e. The van der Waals surface area contributed by atoms with E-state index in [1.165, 1.54) is 6.39 Å². The van der Waals surface area contributed by atoms with E-state index in [2.05, 4.69) is 4.98 Å². The summed E-state index contributed by atoms with van der Waals surface area (Å²) in [7, 11) is 0. The fourth-order valence-corrected chi connectivity index (χ4v) is 1.38. The van der Waals surface area contributed by atoms with Crippen LogP contribution in [0.15, 0.2) is 35.1 Å². The molecule has 0 aliphatic carbocycles. The van der Waals surface area contributed by atoms with Gasteiger partial charge in [-0.1, -0.05) is 24.3 Å². The third-order valence-corrected chi connectivity index (χ3v) is 2.10. The lowest BCUT2D eigenvalue weighted by molar-refractivity contribution is 0.110. The number of hydrogen-bond acceptors (Lipinski definition) is 3. The van der Waals surface area contributed by atoms with Crippen LogP contribution in [0.1, 0.15) is 16.1 Å². The van der Waals surface area contributed by atoms with E-state index < -0.39 is 0 Å². The van der Waals surface area contributed by atoms with E-state index in [-0.39, 0.29) is 5.76 Å². The molecular formula is C11H9NO2. The topological polar surface area (TPSA) is 43.1 Å². The molecule has 2 aromatic rings. The molecule has 14 heavy (non-hydrogen) atoms. The second-order valence-corrected chi connectivity index (χ2v) is 3.00. The Balaban J connectivity index is 2.60. The number of carbonyl (C=O) groups excluding carboxylic acids is 1. The predicted molar refractivity (Wildman–Crippen MR) is 52.1 cm³/mol. The highest BCUT2D eigenvalue weighted by atomic mass is 16.3. The van der Waals surface area contributed by atoms with Crippen LogP contribution in [-0.2, 0) is 0 Å². The van der Waals surface area contributed by atoms with E-state index in [1.807, 2.05) is 31.2 Å². The molecule has 0 fully saturated rings. The van der Waals surface area contributed by atoms with Crippen LogP contribution in [0.3, 0.4) is 0 Å². The van der Waals surface area contributed by atoms with Crippen molar-refractivity contribution in [3.05, 3.63) is 42.0 Å². The number of benzene rings is 1. The Morgan fingerprint density at radius 3 is 2.86 bits per heavy atom. The monoisotopic (exact) mass is 187 g/mol. The highest BCUT2D eigenvalue weighted by molar-refractivity contribution is 5.82. The first kappa shape index (κ1) is 8.69. The zero-order valence-electron chi connectivity index (χ0n) is 7.73. The van der Waals surface area contributed by atoms with E-state index in [1.54, 1.807) is 0 Å². The number of hydrogen-bond donors (Lipinski definition) is 0. The molecule has 0 N–H and O–H groups in total. The molecule has 0 atom stereocenters. The van der Waals surface area contributed by atoms with Crippen LogP contribution in [0.25, 0.3) is 11.3 Å². The van der Waals surface area contributed by atoms with Crippen molar-refractivity contribution in [2.75, 3.05) is 0 Å². The summed E-state index contributed by atoms with van der Waals surface area (Å²) in [4.78, 5) is 14.7. The minimum atomic E-state index is 0.277. The third-order valence-electron chi connectivity index (χ3n) is 2.10. The van der Waals surface area contributed by atoms with Crippen LogP contribution in [0.4, 0.5) is 0 Å². The van der Waals surface area contributed by atoms with Gasteiger partial charge in [0, 0.05) is 5.56 Å². The molecule has 0 radical (unpaired) electrons. The van der Waals surface area contributed by atoms with Crippen LogP contribution in [0, 0.1) is 6.92 Å². The summed E-state index contributed by atoms with van der Waals surface area (Å²) >= 11 is 0. The van der Waals surface area contributed by atoms with Gasteiger partial charge in [-0.3, -0.25) is 4.79 Å². The maximum atomic E-state index is 10.6. The van der Waals surface area contributed by atoms with E-state index in [0.29, 0.717) is 12.0 Å². The van der Waals surface area contributed by atoms with Gasteiger partial charge in [0.1, 0.15) is 5.69 Å². The molecule has 0 aliphatic rings. The molecule has 0 spiro atoms. The molecule has 0 aliphatic heterocycles. The molecule has 0 bridgehead atoms. The van der Waals surface area contributed by atoms with Crippen LogP contribution >= 0.6 is 0 Å². The lowest BCUT2D eigenvalue weighted by Crippen LogP contribution is -1.86. The Bertz CT molecular complexity index is 460. The van der Waals surface area contributed by atoms with Crippen LogP contribution in [0.5, 0.6) is 0 Å². The number of aldehydes is 1. The molecular weight excluding hydrogens is 178 g/mol. The van der Waals surface area contributed by atoms with Crippen molar-refractivity contribution in [2.45, 2.75) is 6.92 Å². The van der Waals surface area contributed by atoms with Crippen LogP contribution in [-0.4, -0.2) is 11.3 Å². The highest BCUT2D eigenvalue weighted by Gasteiger charge is 2.10. The van der Waals surface area contributed by atoms with Crippen LogP contribution < -0.4 is 0 Å². The molecule has 3 nitrogen and oxygen atoms in total. The fraction of sp³-hybridized carbons (Fsp3) is 0.0909. The zero-order valence-corrected chi connectivity index (χ0v) is 7.73. The lowest BCUT2D eigenvalue weighted by atomic mass is 10.1. The summed E-state index contributed by atoms with van der Waals surface area (Å²) in [5, 5.41) is 0. The Hall–Kier alpha value is -1.90. The normalized spacial score (nSPS) is 10.1. The standard InChI is InChI=1S/C11H9NO2/c1-8-4-2-3-5-9(8)11-10(6-13)14-7-12-11/h2-7H,1H3. The Morgan fingerprint density at radius 1 is 1.36 bits per heavy atom. The number of rotatable bonds is 2. The third kappa shape index (κ3) is 1.33. The van der Waals surface area contributed by atoms with Gasteiger partial charge in [0.25, 0.3) is 0 Å². The highest BCUT2D eigenvalue weighted by Crippen LogP contribution is 2.23. The summed E-state index contributed by atoms with van der Waals surface area (Å²) in [6.07, 6.45) is 1.96. The van der Waals surface area contributed by atoms with Crippen molar-refractivity contribution < 1.29 is 9.21 Å². The Labute approximate surface area is 81.4 Å². The van der Waals surface area contributed by atoms with Gasteiger partial charge in [-0.05, 0) is 12.5 Å². The first-order valence-electron chi connectivity index (χ1n) is 4.27. The van der Waals surface area contributed by atoms with Crippen molar-refractivity contribution in [1.82, 2.24) is 4.98 Å². The van der Waals surface area contributed by atoms with E-state index in [9.17, 15) is 4.79 Å². The predicted octanol–water partition coefficient (Wildman–Crippen LogP) is 2.46. The van der Waals surface area contributed by atoms with Crippen molar-refractivity contribution in [3.8, 4) is 11.3 Å². The second kappa shape index (κ2) is 3.46. The number of aryl methyl sites for hydroxylation is 1. The summed E-state index contributed by atoms with van der Waals surface area (Å²) in [5.74, 6) is 0.277. The first-order valence-corrected chi connectivity index (χ1v) is 4.27. The summed E-state index contributed by atoms with van der Waals surface area (Å²) < 4.78 is 4.94. The first-order chi connectivity index (χ1) is 6.83. The van der Waals surface area contributed by atoms with Crippen LogP contribution in [0.2, 0.25) is 0 Å². The average molecular weight is 187 g/mol. The number of carbonyl (C=O) groups is 1. The van der Waals surface area contributed by atoms with Gasteiger partial charge in [0.05, 0.1) is 0 Å². The maximum absolute atomic E-state index is 10.6. The van der Waals surface area contributed by atoms with Crippen molar-refractivity contribution in [1.29, 1.82) is 0 Å². The SMILES string of the molecule is Cc1ccccc1-c1ncoc1C=O. The fourth-order valence-electron chi connectivity index (χ4n) is 1.38. The second-order valence-electron chi connectivity index (χ2n) is 3.00. The van der Waals surface area contributed by atoms with E-state index >= 15 is 0 Å². The van der Waals surface area contributed by atoms with Gasteiger partial charge >= 0.3 is 0 Å². The summed E-state index contributed by atoms with van der Waals surface area (Å²) in [6.45, 7) is 1.97. The van der Waals surface area contributed by atoms with Gasteiger partial charge in [0.2, 0.25) is 0 Å². The van der Waals surface area contributed by atoms with E-state index in [0.717, 1.165) is 11.1 Å². The molecule has 1 aromatic heterocycles. The molecule has 1 heterocycles. The lowest BCUT2D eigenvalue weighted by Gasteiger charge is -2.00. The molecule has 1 aromatic carbocycles. The van der Waals surface area contributed by atoms with Gasteiger partial charge in [-0.2, -0.15) is 0 Å². The molecule has 3 heteroatoms. The number of nitrogens with zero attached hydrogens (tertiary/aromatic N) is 1. The molecule has 0 unspecified atom stereocenters. The number of oxazole rings is 1. The smallest absolute Gasteiger partial charge is 0.194 e. The minimum Gasteiger partial charge on any atom is -0.440 e. The van der Waals surface area contributed by atoms with Gasteiger partial charge in [0.15, 0.2) is 18.4 Å². The van der Waals surface area contributed by atoms with Gasteiger partial charge in [-0.25, -0.2) is 4.98 Å². The summed E-state index contributed by atoms with van der Waals surface area (Å²) in [5.41, 5.74) is 2.62. The molecule has 0 saturated carbocycles. The number of aromatic nitrogens is 1. The van der Waals surface area contributed by atoms with Crippen molar-refractivity contribution in [3.63, 3.8) is 0 Å². The average Bonchev–Trinajstić information content (AvgIpc) is 2.66. The van der Waals surface area contributed by atoms with Gasteiger partial charge in [-0.15, -0.1) is 0 Å². The van der Waals surface area contributed by atoms with Gasteiger partial charge < -0.3 is 4.42 Å². The Morgan fingerprint density at radius 2 is 2.14 bits per heavy atom. The van der Waals surface area contributed by atoms with E-state index in [4.69, 9.17) is 4.42 Å². The minimum absolute atomic E-state index is 0.277. The maximum Gasteiger partial charge on any atom is 0.194 e.